The van der Waals surface area contributed by atoms with Crippen LogP contribution in [0.3, 0.4) is 0 Å². The van der Waals surface area contributed by atoms with Crippen molar-refractivity contribution in [1.82, 2.24) is 19.5 Å². The number of fused-ring (bicyclic) bond motifs is 1. The second-order valence-electron chi connectivity index (χ2n) is 4.81. The first kappa shape index (κ1) is 14.5. The second kappa shape index (κ2) is 5.73. The van der Waals surface area contributed by atoms with Gasteiger partial charge in [0.15, 0.2) is 5.65 Å². The molecule has 1 N–H and O–H groups in total. The molecule has 1 atom stereocenters. The van der Waals surface area contributed by atoms with E-state index in [1.165, 1.54) is 6.20 Å². The van der Waals surface area contributed by atoms with Crippen LogP contribution in [-0.4, -0.2) is 30.6 Å². The summed E-state index contributed by atoms with van der Waals surface area (Å²) in [5.41, 5.74) is 1.79. The molecule has 0 aromatic carbocycles. The number of hydrogen-bond donors (Lipinski definition) is 1. The predicted molar refractivity (Wildman–Crippen MR) is 82.7 cm³/mol. The van der Waals surface area contributed by atoms with Crippen LogP contribution >= 0.6 is 11.6 Å². The SMILES string of the molecule is CCC(C(=O)O)n1c(-c2cccnc2)nc2cc(Cl)cnc21. The molecule has 0 radical (unpaired) electrons. The van der Waals surface area contributed by atoms with Crippen molar-refractivity contribution in [3.63, 3.8) is 0 Å². The van der Waals surface area contributed by atoms with E-state index in [0.717, 1.165) is 5.56 Å². The molecule has 3 rings (SSSR count). The molecule has 0 aliphatic carbocycles. The molecule has 7 heteroatoms. The van der Waals surface area contributed by atoms with Crippen molar-refractivity contribution >= 4 is 28.7 Å². The molecule has 3 aromatic heterocycles. The lowest BCUT2D eigenvalue weighted by Gasteiger charge is -2.15. The smallest absolute Gasteiger partial charge is 0.326 e. The van der Waals surface area contributed by atoms with Crippen LogP contribution in [-0.2, 0) is 4.79 Å². The van der Waals surface area contributed by atoms with E-state index in [2.05, 4.69) is 15.0 Å². The minimum Gasteiger partial charge on any atom is -0.480 e. The van der Waals surface area contributed by atoms with Gasteiger partial charge in [0.2, 0.25) is 0 Å². The Morgan fingerprint density at radius 2 is 2.27 bits per heavy atom. The van der Waals surface area contributed by atoms with Gasteiger partial charge >= 0.3 is 5.97 Å². The Kier molecular flexibility index (Phi) is 3.77. The minimum absolute atomic E-state index is 0.415. The topological polar surface area (TPSA) is 80.9 Å². The van der Waals surface area contributed by atoms with Gasteiger partial charge in [-0.15, -0.1) is 0 Å². The van der Waals surface area contributed by atoms with Crippen molar-refractivity contribution in [1.29, 1.82) is 0 Å². The zero-order valence-electron chi connectivity index (χ0n) is 11.8. The Labute approximate surface area is 131 Å². The third kappa shape index (κ3) is 2.42. The van der Waals surface area contributed by atoms with Crippen LogP contribution < -0.4 is 0 Å². The van der Waals surface area contributed by atoms with E-state index in [0.29, 0.717) is 28.4 Å². The van der Waals surface area contributed by atoms with E-state index in [1.807, 2.05) is 13.0 Å². The highest BCUT2D eigenvalue weighted by Crippen LogP contribution is 2.29. The molecule has 0 aliphatic heterocycles. The molecule has 0 aliphatic rings. The summed E-state index contributed by atoms with van der Waals surface area (Å²) in [6, 6.07) is 4.53. The summed E-state index contributed by atoms with van der Waals surface area (Å²) in [5, 5.41) is 9.97. The van der Waals surface area contributed by atoms with Crippen molar-refractivity contribution < 1.29 is 9.90 Å². The van der Waals surface area contributed by atoms with E-state index in [4.69, 9.17) is 11.6 Å². The van der Waals surface area contributed by atoms with Gasteiger partial charge in [-0.3, -0.25) is 9.55 Å². The van der Waals surface area contributed by atoms with Crippen LogP contribution in [0.2, 0.25) is 5.02 Å². The number of aromatic nitrogens is 4. The Bertz CT molecular complexity index is 832. The average molecular weight is 317 g/mol. The fraction of sp³-hybridized carbons (Fsp3) is 0.200. The van der Waals surface area contributed by atoms with Crippen LogP contribution in [0.25, 0.3) is 22.6 Å². The molecule has 0 amide bonds. The van der Waals surface area contributed by atoms with Gasteiger partial charge in [-0.05, 0) is 24.6 Å². The maximum Gasteiger partial charge on any atom is 0.326 e. The molecule has 112 valence electrons. The normalized spacial score (nSPS) is 12.5. The number of rotatable bonds is 4. The minimum atomic E-state index is -0.927. The number of hydrogen-bond acceptors (Lipinski definition) is 4. The Morgan fingerprint density at radius 3 is 2.91 bits per heavy atom. The van der Waals surface area contributed by atoms with Crippen molar-refractivity contribution in [2.45, 2.75) is 19.4 Å². The Balaban J connectivity index is 2.33. The number of carboxylic acids is 1. The quantitative estimate of drug-likeness (QED) is 0.799. The first-order valence-electron chi connectivity index (χ1n) is 6.78. The second-order valence-corrected chi connectivity index (χ2v) is 5.24. The van der Waals surface area contributed by atoms with E-state index in [9.17, 15) is 9.90 Å². The number of pyridine rings is 2. The van der Waals surface area contributed by atoms with Gasteiger partial charge in [0.1, 0.15) is 17.4 Å². The number of carbonyl (C=O) groups is 1. The van der Waals surface area contributed by atoms with E-state index in [-0.39, 0.29) is 0 Å². The molecule has 6 nitrogen and oxygen atoms in total. The Morgan fingerprint density at radius 1 is 1.45 bits per heavy atom. The van der Waals surface area contributed by atoms with Gasteiger partial charge < -0.3 is 5.11 Å². The lowest BCUT2D eigenvalue weighted by atomic mass is 10.2. The summed E-state index contributed by atoms with van der Waals surface area (Å²) in [4.78, 5) is 24.4. The number of halogens is 1. The van der Waals surface area contributed by atoms with E-state index in [1.54, 1.807) is 29.1 Å². The van der Waals surface area contributed by atoms with E-state index < -0.39 is 12.0 Å². The lowest BCUT2D eigenvalue weighted by molar-refractivity contribution is -0.140. The lowest BCUT2D eigenvalue weighted by Crippen LogP contribution is -2.19. The maximum atomic E-state index is 11.6. The van der Waals surface area contributed by atoms with Crippen LogP contribution in [0.15, 0.2) is 36.8 Å². The first-order valence-corrected chi connectivity index (χ1v) is 7.16. The number of nitrogens with zero attached hydrogens (tertiary/aromatic N) is 4. The Hall–Kier alpha value is -2.47. The number of aliphatic carboxylic acids is 1. The van der Waals surface area contributed by atoms with Crippen molar-refractivity contribution in [2.24, 2.45) is 0 Å². The van der Waals surface area contributed by atoms with Crippen molar-refractivity contribution in [3.8, 4) is 11.4 Å². The van der Waals surface area contributed by atoms with Crippen molar-refractivity contribution in [2.75, 3.05) is 0 Å². The summed E-state index contributed by atoms with van der Waals surface area (Å²) in [6.07, 6.45) is 5.20. The molecule has 22 heavy (non-hydrogen) atoms. The maximum absolute atomic E-state index is 11.6. The molecule has 0 saturated heterocycles. The molecule has 3 heterocycles. The molecule has 3 aromatic rings. The van der Waals surface area contributed by atoms with Gasteiger partial charge in [0.05, 0.1) is 5.02 Å². The fourth-order valence-electron chi connectivity index (χ4n) is 2.42. The zero-order chi connectivity index (χ0) is 15.7. The average Bonchev–Trinajstić information content (AvgIpc) is 2.87. The third-order valence-electron chi connectivity index (χ3n) is 3.40. The summed E-state index contributed by atoms with van der Waals surface area (Å²) in [5.74, 6) is -0.407. The van der Waals surface area contributed by atoms with Crippen LogP contribution in [0, 0.1) is 0 Å². The summed E-state index contributed by atoms with van der Waals surface area (Å²) in [7, 11) is 0. The zero-order valence-corrected chi connectivity index (χ0v) is 12.5. The third-order valence-corrected chi connectivity index (χ3v) is 3.61. The first-order chi connectivity index (χ1) is 10.6. The van der Waals surface area contributed by atoms with Crippen LogP contribution in [0.5, 0.6) is 0 Å². The molecule has 0 saturated carbocycles. The van der Waals surface area contributed by atoms with Crippen LogP contribution in [0.1, 0.15) is 19.4 Å². The van der Waals surface area contributed by atoms with Gasteiger partial charge in [-0.1, -0.05) is 18.5 Å². The molecule has 0 bridgehead atoms. The molecular weight excluding hydrogens is 304 g/mol. The highest BCUT2D eigenvalue weighted by molar-refractivity contribution is 6.31. The van der Waals surface area contributed by atoms with Gasteiger partial charge in [-0.2, -0.15) is 0 Å². The predicted octanol–water partition coefficient (Wildman–Crippen LogP) is 3.18. The number of imidazole rings is 1. The summed E-state index contributed by atoms with van der Waals surface area (Å²) >= 11 is 5.96. The van der Waals surface area contributed by atoms with E-state index >= 15 is 0 Å². The van der Waals surface area contributed by atoms with Crippen molar-refractivity contribution in [3.05, 3.63) is 41.8 Å². The molecule has 0 fully saturated rings. The highest BCUT2D eigenvalue weighted by Gasteiger charge is 2.25. The monoisotopic (exact) mass is 316 g/mol. The largest absolute Gasteiger partial charge is 0.480 e. The van der Waals surface area contributed by atoms with Crippen LogP contribution in [0.4, 0.5) is 0 Å². The van der Waals surface area contributed by atoms with Gasteiger partial charge in [0, 0.05) is 24.2 Å². The highest BCUT2D eigenvalue weighted by atomic mass is 35.5. The molecule has 1 unspecified atom stereocenters. The molecular formula is C15H13ClN4O2. The molecule has 0 spiro atoms. The summed E-state index contributed by atoms with van der Waals surface area (Å²) < 4.78 is 1.63. The van der Waals surface area contributed by atoms with Gasteiger partial charge in [-0.25, -0.2) is 14.8 Å². The number of carboxylic acid groups (broad SMARTS) is 1. The fourth-order valence-corrected chi connectivity index (χ4v) is 2.57. The van der Waals surface area contributed by atoms with Gasteiger partial charge in [0.25, 0.3) is 0 Å². The standard InChI is InChI=1S/C15H13ClN4O2/c1-2-12(15(21)22)20-13(9-4-3-5-17-7-9)19-11-6-10(16)8-18-14(11)20/h3-8,12H,2H2,1H3,(H,21,22). The summed E-state index contributed by atoms with van der Waals surface area (Å²) in [6.45, 7) is 1.81.